The molecule has 0 radical (unpaired) electrons. The van der Waals surface area contributed by atoms with E-state index < -0.39 is 0 Å². The fourth-order valence-corrected chi connectivity index (χ4v) is 1.02. The highest BCUT2D eigenvalue weighted by atomic mass is 35.5. The smallest absolute Gasteiger partial charge is 0.0539 e. The van der Waals surface area contributed by atoms with Crippen LogP contribution < -0.4 is 0 Å². The van der Waals surface area contributed by atoms with Crippen molar-refractivity contribution in [1.29, 1.82) is 0 Å². The molecule has 0 atom stereocenters. The number of aromatic nitrogens is 1. The Hall–Kier alpha value is -0.0800. The molecule has 0 aliphatic carbocycles. The maximum Gasteiger partial charge on any atom is 0.0539 e. The van der Waals surface area contributed by atoms with E-state index in [9.17, 15) is 0 Å². The zero-order valence-corrected chi connectivity index (χ0v) is 6.26. The molecule has 8 heavy (non-hydrogen) atoms. The lowest BCUT2D eigenvalue weighted by Gasteiger charge is -1.77. The molecule has 1 rings (SSSR count). The largest absolute Gasteiger partial charge is 0.198 e. The van der Waals surface area contributed by atoms with E-state index in [0.29, 0.717) is 0 Å². The molecule has 1 heterocycles. The average molecular weight is 150 g/mol. The van der Waals surface area contributed by atoms with Crippen LogP contribution in [-0.2, 0) is 6.42 Å². The molecule has 1 aromatic rings. The minimum atomic E-state index is 0. The minimum Gasteiger partial charge on any atom is -0.198 e. The normalized spacial score (nSPS) is 8.12. The first kappa shape index (κ1) is 7.92. The van der Waals surface area contributed by atoms with Gasteiger partial charge in [-0.05, 0) is 24.0 Å². The molecule has 0 saturated heterocycles. The summed E-state index contributed by atoms with van der Waals surface area (Å²) in [6.07, 6.45) is 1.06. The Kier molecular flexibility index (Phi) is 3.83. The van der Waals surface area contributed by atoms with E-state index in [4.69, 9.17) is 0 Å². The molecule has 0 N–H and O–H groups in total. The van der Waals surface area contributed by atoms with E-state index in [1.807, 2.05) is 11.4 Å². The van der Waals surface area contributed by atoms with Gasteiger partial charge in [0, 0.05) is 5.38 Å². The van der Waals surface area contributed by atoms with Crippen LogP contribution in [0.3, 0.4) is 0 Å². The molecule has 1 nitrogen and oxygen atoms in total. The summed E-state index contributed by atoms with van der Waals surface area (Å²) < 4.78 is 4.08. The molecule has 0 aromatic carbocycles. The zero-order valence-electron chi connectivity index (χ0n) is 4.63. The van der Waals surface area contributed by atoms with Crippen molar-refractivity contribution in [2.75, 3.05) is 0 Å². The van der Waals surface area contributed by atoms with Crippen LogP contribution in [-0.4, -0.2) is 4.37 Å². The second kappa shape index (κ2) is 3.87. The Labute approximate surface area is 59.3 Å². The van der Waals surface area contributed by atoms with Crippen LogP contribution in [0.2, 0.25) is 0 Å². The van der Waals surface area contributed by atoms with Crippen LogP contribution in [0.5, 0.6) is 0 Å². The van der Waals surface area contributed by atoms with Gasteiger partial charge in [0.05, 0.1) is 5.69 Å². The Morgan fingerprint density at radius 3 is 2.75 bits per heavy atom. The van der Waals surface area contributed by atoms with Crippen LogP contribution in [0.4, 0.5) is 0 Å². The van der Waals surface area contributed by atoms with Gasteiger partial charge in [0.15, 0.2) is 0 Å². The fraction of sp³-hybridized carbons (Fsp3) is 0.400. The van der Waals surface area contributed by atoms with Gasteiger partial charge in [-0.3, -0.25) is 0 Å². The van der Waals surface area contributed by atoms with Gasteiger partial charge in [0.25, 0.3) is 0 Å². The number of rotatable bonds is 1. The summed E-state index contributed by atoms with van der Waals surface area (Å²) in [6, 6.07) is 2.05. The van der Waals surface area contributed by atoms with Gasteiger partial charge in [-0.25, -0.2) is 0 Å². The van der Waals surface area contributed by atoms with Gasteiger partial charge < -0.3 is 0 Å². The van der Waals surface area contributed by atoms with Crippen molar-refractivity contribution < 1.29 is 0 Å². The minimum absolute atomic E-state index is 0. The predicted octanol–water partition coefficient (Wildman–Crippen LogP) is 2.13. The highest BCUT2D eigenvalue weighted by molar-refractivity contribution is 7.03. The third-order valence-electron chi connectivity index (χ3n) is 0.853. The van der Waals surface area contributed by atoms with Crippen molar-refractivity contribution in [2.24, 2.45) is 0 Å². The number of nitrogens with zero attached hydrogens (tertiary/aromatic N) is 1. The lowest BCUT2D eigenvalue weighted by molar-refractivity contribution is 1.09. The molecular weight excluding hydrogens is 142 g/mol. The van der Waals surface area contributed by atoms with E-state index in [1.165, 1.54) is 17.2 Å². The van der Waals surface area contributed by atoms with Crippen molar-refractivity contribution in [2.45, 2.75) is 13.3 Å². The SMILES string of the molecule is CCc1ccsn1.Cl. The highest BCUT2D eigenvalue weighted by Crippen LogP contribution is 1.98. The van der Waals surface area contributed by atoms with E-state index in [-0.39, 0.29) is 12.4 Å². The van der Waals surface area contributed by atoms with Crippen molar-refractivity contribution in [3.63, 3.8) is 0 Å². The molecule has 0 unspecified atom stereocenters. The Morgan fingerprint density at radius 1 is 1.75 bits per heavy atom. The third kappa shape index (κ3) is 1.80. The van der Waals surface area contributed by atoms with Crippen molar-refractivity contribution in [3.8, 4) is 0 Å². The number of hydrogen-bond donors (Lipinski definition) is 0. The highest BCUT2D eigenvalue weighted by Gasteiger charge is 1.84. The number of hydrogen-bond acceptors (Lipinski definition) is 2. The third-order valence-corrected chi connectivity index (χ3v) is 1.45. The predicted molar refractivity (Wildman–Crippen MR) is 38.7 cm³/mol. The first-order valence-corrected chi connectivity index (χ1v) is 3.16. The Balaban J connectivity index is 0.000000490. The summed E-state index contributed by atoms with van der Waals surface area (Å²) in [4.78, 5) is 0. The van der Waals surface area contributed by atoms with Crippen LogP contribution in [0.25, 0.3) is 0 Å². The summed E-state index contributed by atoms with van der Waals surface area (Å²) in [5.74, 6) is 0. The molecule has 0 fully saturated rings. The van der Waals surface area contributed by atoms with Crippen molar-refractivity contribution >= 4 is 23.9 Å². The lowest BCUT2D eigenvalue weighted by Crippen LogP contribution is -1.72. The molecule has 0 aliphatic heterocycles. The van der Waals surface area contributed by atoms with Crippen molar-refractivity contribution in [1.82, 2.24) is 4.37 Å². The number of aryl methyl sites for hydroxylation is 1. The molecule has 1 aromatic heterocycles. The monoisotopic (exact) mass is 149 g/mol. The van der Waals surface area contributed by atoms with Crippen LogP contribution >= 0.6 is 23.9 Å². The Morgan fingerprint density at radius 2 is 2.50 bits per heavy atom. The molecule has 3 heteroatoms. The quantitative estimate of drug-likeness (QED) is 0.596. The van der Waals surface area contributed by atoms with E-state index in [2.05, 4.69) is 11.3 Å². The molecule has 0 amide bonds. The summed E-state index contributed by atoms with van der Waals surface area (Å²) in [7, 11) is 0. The summed E-state index contributed by atoms with van der Waals surface area (Å²) in [5, 5.41) is 2.00. The van der Waals surface area contributed by atoms with Gasteiger partial charge in [-0.1, -0.05) is 6.92 Å². The molecule has 0 spiro atoms. The summed E-state index contributed by atoms with van der Waals surface area (Å²) in [6.45, 7) is 2.11. The van der Waals surface area contributed by atoms with Crippen LogP contribution in [0.15, 0.2) is 11.4 Å². The standard InChI is InChI=1S/C5H7NS.ClH/c1-2-5-3-4-7-6-5;/h3-4H,2H2,1H3;1H. The first-order valence-electron chi connectivity index (χ1n) is 2.32. The zero-order chi connectivity index (χ0) is 5.11. The molecule has 46 valence electrons. The van der Waals surface area contributed by atoms with E-state index in [1.54, 1.807) is 0 Å². The van der Waals surface area contributed by atoms with Gasteiger partial charge in [-0.15, -0.1) is 12.4 Å². The first-order chi connectivity index (χ1) is 3.43. The summed E-state index contributed by atoms with van der Waals surface area (Å²) in [5.41, 5.74) is 1.20. The van der Waals surface area contributed by atoms with Crippen molar-refractivity contribution in [3.05, 3.63) is 17.1 Å². The molecule has 0 saturated carbocycles. The Bertz CT molecular complexity index is 127. The maximum atomic E-state index is 4.08. The average Bonchev–Trinajstić information content (AvgIpc) is 2.14. The summed E-state index contributed by atoms with van der Waals surface area (Å²) >= 11 is 1.51. The van der Waals surface area contributed by atoms with E-state index in [0.717, 1.165) is 6.42 Å². The second-order valence-corrected chi connectivity index (χ2v) is 2.01. The van der Waals surface area contributed by atoms with Crippen LogP contribution in [0.1, 0.15) is 12.6 Å². The molecule has 0 aliphatic rings. The number of halogens is 1. The van der Waals surface area contributed by atoms with E-state index >= 15 is 0 Å². The van der Waals surface area contributed by atoms with Gasteiger partial charge in [-0.2, -0.15) is 4.37 Å². The van der Waals surface area contributed by atoms with Gasteiger partial charge in [0.1, 0.15) is 0 Å². The molecule has 0 bridgehead atoms. The fourth-order valence-electron chi connectivity index (χ4n) is 0.420. The molecular formula is C5H8ClNS. The lowest BCUT2D eigenvalue weighted by atomic mass is 10.4. The van der Waals surface area contributed by atoms with Gasteiger partial charge >= 0.3 is 0 Å². The van der Waals surface area contributed by atoms with Gasteiger partial charge in [0.2, 0.25) is 0 Å². The second-order valence-electron chi connectivity index (χ2n) is 1.34. The van der Waals surface area contributed by atoms with Crippen LogP contribution in [0, 0.1) is 0 Å². The maximum absolute atomic E-state index is 4.08. The topological polar surface area (TPSA) is 12.9 Å².